The van der Waals surface area contributed by atoms with Gasteiger partial charge in [-0.25, -0.2) is 4.98 Å². The van der Waals surface area contributed by atoms with Crippen LogP contribution < -0.4 is 10.1 Å². The molecule has 4 aromatic rings. The fourth-order valence-electron chi connectivity index (χ4n) is 2.58. The Balaban J connectivity index is 1.41. The standard InChI is InChI=1S/C19H13N3O5S/c23-18(10-26-16-8-4-2-6-14(16)22(24)25)21-19-20-13(11-28-19)17-9-12-5-1-3-7-15(12)27-17/h1-9,11H,10H2,(H,20,21,23). The number of nitrogens with one attached hydrogen (secondary N) is 1. The van der Waals surface area contributed by atoms with Gasteiger partial charge in [-0.05, 0) is 18.2 Å². The van der Waals surface area contributed by atoms with Gasteiger partial charge in [0.1, 0.15) is 11.3 Å². The summed E-state index contributed by atoms with van der Waals surface area (Å²) in [5, 5.41) is 16.7. The average molecular weight is 395 g/mol. The predicted molar refractivity (Wildman–Crippen MR) is 105 cm³/mol. The molecular formula is C19H13N3O5S. The van der Waals surface area contributed by atoms with E-state index in [9.17, 15) is 14.9 Å². The maximum Gasteiger partial charge on any atom is 0.310 e. The quantitative estimate of drug-likeness (QED) is 0.381. The van der Waals surface area contributed by atoms with Gasteiger partial charge in [0.15, 0.2) is 23.2 Å². The fraction of sp³-hybridized carbons (Fsp3) is 0.0526. The summed E-state index contributed by atoms with van der Waals surface area (Å²) in [5.41, 5.74) is 1.17. The first-order chi connectivity index (χ1) is 13.6. The molecule has 1 amide bonds. The molecule has 0 saturated carbocycles. The molecule has 0 spiro atoms. The van der Waals surface area contributed by atoms with Gasteiger partial charge in [-0.15, -0.1) is 11.3 Å². The third kappa shape index (κ3) is 3.69. The summed E-state index contributed by atoms with van der Waals surface area (Å²) in [6.45, 7) is -0.371. The normalized spacial score (nSPS) is 10.7. The third-order valence-electron chi connectivity index (χ3n) is 3.85. The number of nitro benzene ring substituents is 1. The lowest BCUT2D eigenvalue weighted by molar-refractivity contribution is -0.385. The van der Waals surface area contributed by atoms with E-state index in [1.807, 2.05) is 30.3 Å². The van der Waals surface area contributed by atoms with Gasteiger partial charge in [0.25, 0.3) is 5.91 Å². The number of aromatic nitrogens is 1. The van der Waals surface area contributed by atoms with E-state index in [0.29, 0.717) is 16.6 Å². The molecule has 28 heavy (non-hydrogen) atoms. The Labute approximate surface area is 162 Å². The first-order valence-electron chi connectivity index (χ1n) is 8.21. The highest BCUT2D eigenvalue weighted by atomic mass is 32.1. The van der Waals surface area contributed by atoms with Gasteiger partial charge in [0, 0.05) is 16.8 Å². The summed E-state index contributed by atoms with van der Waals surface area (Å²) in [5.74, 6) is 0.169. The van der Waals surface area contributed by atoms with Gasteiger partial charge in [-0.2, -0.15) is 0 Å². The number of furan rings is 1. The maximum atomic E-state index is 12.1. The molecule has 9 heteroatoms. The molecule has 140 valence electrons. The third-order valence-corrected chi connectivity index (χ3v) is 4.61. The van der Waals surface area contributed by atoms with E-state index in [2.05, 4.69) is 10.3 Å². The van der Waals surface area contributed by atoms with Gasteiger partial charge >= 0.3 is 5.69 Å². The number of thiazole rings is 1. The van der Waals surface area contributed by atoms with Gasteiger partial charge in [0.05, 0.1) is 4.92 Å². The number of hydrogen-bond acceptors (Lipinski definition) is 7. The van der Waals surface area contributed by atoms with Crippen molar-refractivity contribution in [1.82, 2.24) is 4.98 Å². The number of rotatable bonds is 6. The Kier molecular flexibility index (Phi) is 4.73. The number of fused-ring (bicyclic) bond motifs is 1. The van der Waals surface area contributed by atoms with E-state index < -0.39 is 10.8 Å². The zero-order valence-corrected chi connectivity index (χ0v) is 15.1. The summed E-state index contributed by atoms with van der Waals surface area (Å²) in [6.07, 6.45) is 0. The second-order valence-corrected chi connectivity index (χ2v) is 6.61. The van der Waals surface area contributed by atoms with Crippen LogP contribution in [0, 0.1) is 10.1 Å². The van der Waals surface area contributed by atoms with E-state index in [4.69, 9.17) is 9.15 Å². The molecule has 0 bridgehead atoms. The highest BCUT2D eigenvalue weighted by Gasteiger charge is 2.16. The van der Waals surface area contributed by atoms with Crippen LogP contribution in [0.25, 0.3) is 22.4 Å². The van der Waals surface area contributed by atoms with E-state index in [1.54, 1.807) is 11.4 Å². The number of ether oxygens (including phenoxy) is 1. The molecule has 0 saturated heterocycles. The summed E-state index contributed by atoms with van der Waals surface area (Å²) in [4.78, 5) is 26.8. The fourth-order valence-corrected chi connectivity index (χ4v) is 3.30. The van der Waals surface area contributed by atoms with Gasteiger partial charge < -0.3 is 9.15 Å². The molecular weight excluding hydrogens is 382 g/mol. The molecule has 1 N–H and O–H groups in total. The summed E-state index contributed by atoms with van der Waals surface area (Å²) in [7, 11) is 0. The second-order valence-electron chi connectivity index (χ2n) is 5.75. The Morgan fingerprint density at radius 3 is 2.82 bits per heavy atom. The Morgan fingerprint density at radius 2 is 2.00 bits per heavy atom. The molecule has 0 unspecified atom stereocenters. The number of amides is 1. The first-order valence-corrected chi connectivity index (χ1v) is 9.08. The van der Waals surface area contributed by atoms with Gasteiger partial charge in [-0.1, -0.05) is 30.3 Å². The van der Waals surface area contributed by atoms with Crippen molar-refractivity contribution in [1.29, 1.82) is 0 Å². The number of benzene rings is 2. The molecule has 2 aromatic carbocycles. The van der Waals surface area contributed by atoms with Crippen molar-refractivity contribution in [3.8, 4) is 17.2 Å². The van der Waals surface area contributed by atoms with E-state index >= 15 is 0 Å². The monoisotopic (exact) mass is 395 g/mol. The van der Waals surface area contributed by atoms with Crippen LogP contribution in [0.1, 0.15) is 0 Å². The maximum absolute atomic E-state index is 12.1. The van der Waals surface area contributed by atoms with Gasteiger partial charge in [-0.3, -0.25) is 20.2 Å². The Morgan fingerprint density at radius 1 is 1.21 bits per heavy atom. The predicted octanol–water partition coefficient (Wildman–Crippen LogP) is 4.48. The van der Waals surface area contributed by atoms with Crippen molar-refractivity contribution < 1.29 is 18.9 Å². The zero-order chi connectivity index (χ0) is 19.5. The van der Waals surface area contributed by atoms with Crippen molar-refractivity contribution in [2.45, 2.75) is 0 Å². The molecule has 2 aromatic heterocycles. The number of carbonyl (C=O) groups is 1. The lowest BCUT2D eigenvalue weighted by Gasteiger charge is -2.06. The minimum atomic E-state index is -0.562. The molecule has 0 aliphatic heterocycles. The van der Waals surface area contributed by atoms with E-state index in [0.717, 1.165) is 11.0 Å². The van der Waals surface area contributed by atoms with Crippen LogP contribution >= 0.6 is 11.3 Å². The highest BCUT2D eigenvalue weighted by molar-refractivity contribution is 7.14. The van der Waals surface area contributed by atoms with Crippen molar-refractivity contribution >= 4 is 39.0 Å². The van der Waals surface area contributed by atoms with E-state index in [-0.39, 0.29) is 18.0 Å². The van der Waals surface area contributed by atoms with Crippen LogP contribution in [0.3, 0.4) is 0 Å². The van der Waals surface area contributed by atoms with Crippen LogP contribution in [-0.2, 0) is 4.79 Å². The van der Waals surface area contributed by atoms with Crippen molar-refractivity contribution in [3.63, 3.8) is 0 Å². The molecule has 0 aliphatic rings. The first kappa shape index (κ1) is 17.7. The topological polar surface area (TPSA) is 108 Å². The summed E-state index contributed by atoms with van der Waals surface area (Å²) < 4.78 is 11.0. The largest absolute Gasteiger partial charge is 0.477 e. The minimum Gasteiger partial charge on any atom is -0.477 e. The average Bonchev–Trinajstić information content (AvgIpc) is 3.33. The molecule has 0 fully saturated rings. The van der Waals surface area contributed by atoms with Crippen molar-refractivity contribution in [3.05, 3.63) is 70.1 Å². The van der Waals surface area contributed by atoms with Crippen LogP contribution in [-0.4, -0.2) is 22.4 Å². The number of nitrogens with zero attached hydrogens (tertiary/aromatic N) is 2. The van der Waals surface area contributed by atoms with E-state index in [1.165, 1.54) is 29.5 Å². The lowest BCUT2D eigenvalue weighted by atomic mass is 10.2. The summed E-state index contributed by atoms with van der Waals surface area (Å²) in [6, 6.07) is 15.4. The summed E-state index contributed by atoms with van der Waals surface area (Å²) >= 11 is 1.25. The Hall–Kier alpha value is -3.72. The molecule has 0 atom stereocenters. The molecule has 8 nitrogen and oxygen atoms in total. The molecule has 2 heterocycles. The van der Waals surface area contributed by atoms with Crippen LogP contribution in [0.2, 0.25) is 0 Å². The molecule has 4 rings (SSSR count). The number of anilines is 1. The van der Waals surface area contributed by atoms with Gasteiger partial charge in [0.2, 0.25) is 0 Å². The second kappa shape index (κ2) is 7.49. The smallest absolute Gasteiger partial charge is 0.310 e. The number of nitro groups is 1. The van der Waals surface area contributed by atoms with Crippen molar-refractivity contribution in [2.24, 2.45) is 0 Å². The van der Waals surface area contributed by atoms with Crippen LogP contribution in [0.5, 0.6) is 5.75 Å². The lowest BCUT2D eigenvalue weighted by Crippen LogP contribution is -2.20. The Bertz CT molecular complexity index is 1130. The SMILES string of the molecule is O=C(COc1ccccc1[N+](=O)[O-])Nc1nc(-c2cc3ccccc3o2)cs1. The van der Waals surface area contributed by atoms with Crippen molar-refractivity contribution in [2.75, 3.05) is 11.9 Å². The van der Waals surface area contributed by atoms with Crippen LogP contribution in [0.4, 0.5) is 10.8 Å². The van der Waals surface area contributed by atoms with Crippen LogP contribution in [0.15, 0.2) is 64.4 Å². The minimum absolute atomic E-state index is 0.0322. The number of para-hydroxylation sites is 3. The zero-order valence-electron chi connectivity index (χ0n) is 14.3. The number of carbonyl (C=O) groups excluding carboxylic acids is 1. The highest BCUT2D eigenvalue weighted by Crippen LogP contribution is 2.30. The number of hydrogen-bond donors (Lipinski definition) is 1. The molecule has 0 radical (unpaired) electrons. The molecule has 0 aliphatic carbocycles.